The van der Waals surface area contributed by atoms with E-state index in [4.69, 9.17) is 94.5 Å². The zero-order valence-electron chi connectivity index (χ0n) is 68.6. The average Bonchev–Trinajstić information content (AvgIpc) is 1.54. The van der Waals surface area contributed by atoms with Crippen LogP contribution in [0.3, 0.4) is 0 Å². The fourth-order valence-corrected chi connectivity index (χ4v) is 17.5. The second-order valence-electron chi connectivity index (χ2n) is 31.3. The van der Waals surface area contributed by atoms with Crippen LogP contribution in [0, 0.1) is 0 Å². The average molecular weight is 1780 g/mol. The minimum atomic E-state index is -3.31. The number of carboxylic acids is 1. The number of carboxylic acid groups (broad SMARTS) is 1. The molecule has 0 atom stereocenters. The zero-order valence-corrected chi connectivity index (χ0v) is 75.6. The van der Waals surface area contributed by atoms with E-state index in [1.165, 1.54) is 25.7 Å². The molecule has 0 amide bonds. The molecule has 0 radical (unpaired) electrons. The molecule has 0 aliphatic carbocycles. The number of rotatable bonds is 19. The number of imidazole rings is 3. The molecule has 0 saturated carbocycles. The molecule has 0 unspecified atom stereocenters. The van der Waals surface area contributed by atoms with Crippen LogP contribution in [0.5, 0.6) is 0 Å². The number of carbonyl (C=O) groups excluding carboxylic acids is 1. The first-order valence-electron chi connectivity index (χ1n) is 37.0. The normalized spacial score (nSPS) is 12.2. The van der Waals surface area contributed by atoms with Gasteiger partial charge in [0.1, 0.15) is 34.3 Å². The molecule has 0 spiro atoms. The minimum Gasteiger partial charge on any atom is -0.481 e. The maximum Gasteiger partial charge on any atom is 0.302 e. The van der Waals surface area contributed by atoms with Crippen LogP contribution in [0.1, 0.15) is 155 Å². The van der Waals surface area contributed by atoms with Gasteiger partial charge in [0, 0.05) is 115 Å². The van der Waals surface area contributed by atoms with Crippen LogP contribution in [0.2, 0.25) is 30.1 Å². The van der Waals surface area contributed by atoms with Crippen molar-refractivity contribution in [3.63, 3.8) is 0 Å². The van der Waals surface area contributed by atoms with Crippen molar-refractivity contribution in [3.05, 3.63) is 300 Å². The third kappa shape index (κ3) is 23.1. The smallest absolute Gasteiger partial charge is 0.302 e. The molecule has 12 aromatic rings. The molecule has 0 aliphatic rings. The Hall–Kier alpha value is -8.98. The highest BCUT2D eigenvalue weighted by Crippen LogP contribution is 2.46. The highest BCUT2D eigenvalue weighted by atomic mass is 35.5. The van der Waals surface area contributed by atoms with E-state index in [0.29, 0.717) is 71.3 Å². The number of esters is 1. The molecule has 12 rings (SSSR count). The van der Waals surface area contributed by atoms with Gasteiger partial charge < -0.3 is 38.9 Å². The summed E-state index contributed by atoms with van der Waals surface area (Å²) in [6.07, 6.45) is 9.05. The lowest BCUT2D eigenvalue weighted by molar-refractivity contribution is -0.140. The van der Waals surface area contributed by atoms with Gasteiger partial charge in [0.15, 0.2) is 29.5 Å². The standard InChI is InChI=1S/3C28H28Cl2N2O3S.C4H8O2.C2H4O2/c3*1-27(2,25-22(29)10-7-11-23(25)30)26-31-24(28(3,4)33)17-32(26)20-14-12-18(13-15-20)19-8-6-9-21(16-19)36(5,34)35;1-3-6-4(2)5;1-2(3)4/h3*6-17,33H,1-5H3;3H2,1-2H3;1H3,(H,3,4). The van der Waals surface area contributed by atoms with Crippen LogP contribution in [0.15, 0.2) is 233 Å². The highest BCUT2D eigenvalue weighted by molar-refractivity contribution is 7.91. The number of hydrogen-bond donors (Lipinski definition) is 4. The van der Waals surface area contributed by atoms with Crippen molar-refractivity contribution < 1.29 is 60.0 Å². The van der Waals surface area contributed by atoms with Crippen LogP contribution in [-0.4, -0.2) is 112 Å². The van der Waals surface area contributed by atoms with Crippen LogP contribution in [0.4, 0.5) is 0 Å². The fourth-order valence-electron chi connectivity index (χ4n) is 12.9. The van der Waals surface area contributed by atoms with E-state index in [-0.39, 0.29) is 20.7 Å². The lowest BCUT2D eigenvalue weighted by Crippen LogP contribution is -2.25. The Bertz CT molecular complexity index is 5380. The van der Waals surface area contributed by atoms with Gasteiger partial charge in [-0.15, -0.1) is 0 Å². The number of benzene rings is 9. The molecule has 9 aromatic carbocycles. The van der Waals surface area contributed by atoms with Crippen molar-refractivity contribution in [2.24, 2.45) is 0 Å². The maximum atomic E-state index is 12.0. The van der Waals surface area contributed by atoms with Gasteiger partial charge in [-0.3, -0.25) is 9.59 Å². The van der Waals surface area contributed by atoms with Crippen LogP contribution in [0.25, 0.3) is 50.4 Å². The Kier molecular flexibility index (Phi) is 29.9. The monoisotopic (exact) mass is 1770 g/mol. The summed E-state index contributed by atoms with van der Waals surface area (Å²) >= 11 is 39.5. The van der Waals surface area contributed by atoms with Crippen molar-refractivity contribution in [1.29, 1.82) is 0 Å². The molecule has 0 aliphatic heterocycles. The first-order chi connectivity index (χ1) is 54.6. The third-order valence-electron chi connectivity index (χ3n) is 19.0. The summed E-state index contributed by atoms with van der Waals surface area (Å²) in [5, 5.41) is 42.8. The lowest BCUT2D eigenvalue weighted by Gasteiger charge is -2.28. The molecule has 3 heterocycles. The molecule has 624 valence electrons. The minimum absolute atomic E-state index is 0.211. The number of ether oxygens (including phenoxy) is 1. The molecule has 4 N–H and O–H groups in total. The van der Waals surface area contributed by atoms with E-state index in [2.05, 4.69) is 4.74 Å². The van der Waals surface area contributed by atoms with Crippen molar-refractivity contribution in [2.45, 2.75) is 152 Å². The van der Waals surface area contributed by atoms with E-state index in [1.54, 1.807) is 158 Å². The Balaban J connectivity index is 0.000000208. The second-order valence-corrected chi connectivity index (χ2v) is 39.8. The molecular weight excluding hydrogens is 1680 g/mol. The van der Waals surface area contributed by atoms with Gasteiger partial charge in [0.2, 0.25) is 0 Å². The Morgan fingerprint density at radius 1 is 0.356 bits per heavy atom. The van der Waals surface area contributed by atoms with Gasteiger partial charge in [0.25, 0.3) is 5.97 Å². The fraction of sp³-hybridized carbons (Fsp3) is 0.278. The van der Waals surface area contributed by atoms with Gasteiger partial charge in [0.05, 0.1) is 54.6 Å². The summed E-state index contributed by atoms with van der Waals surface area (Å²) in [7, 11) is -9.93. The SMILES string of the molecule is CC(=O)O.CC(C)(O)c1cn(-c2ccc(-c3cccc(S(C)(=O)=O)c3)cc2)c(C(C)(C)c2c(Cl)cccc2Cl)n1.CC(C)(O)c1cn(-c2ccc(-c3cccc(S(C)(=O)=O)c3)cc2)c(C(C)(C)c2c(Cl)cccc2Cl)n1.CC(C)(O)c1cn(-c2ccc(-c3cccc(S(C)(=O)=O)c3)cc2)c(C(C)(C)c2c(Cl)cccc2Cl)n1.CCOC(C)=O. The van der Waals surface area contributed by atoms with Crippen molar-refractivity contribution >= 4 is 111 Å². The topological polar surface area (TPSA) is 280 Å². The molecule has 3 aromatic heterocycles. The van der Waals surface area contributed by atoms with Crippen LogP contribution < -0.4 is 0 Å². The summed E-state index contributed by atoms with van der Waals surface area (Å²) in [6, 6.07) is 60.0. The number of hydrogen-bond acceptors (Lipinski definition) is 15. The lowest BCUT2D eigenvalue weighted by atomic mass is 9.83. The van der Waals surface area contributed by atoms with Crippen molar-refractivity contribution in [3.8, 4) is 50.4 Å². The molecule has 28 heteroatoms. The molecule has 0 saturated heterocycles. The number of carbonyl (C=O) groups is 2. The molecule has 19 nitrogen and oxygen atoms in total. The summed E-state index contributed by atoms with van der Waals surface area (Å²) < 4.78 is 82.1. The number of sulfone groups is 3. The predicted molar refractivity (Wildman–Crippen MR) is 473 cm³/mol. The summed E-state index contributed by atoms with van der Waals surface area (Å²) in [4.78, 5) is 34.1. The van der Waals surface area contributed by atoms with Gasteiger partial charge in [-0.25, -0.2) is 40.2 Å². The highest BCUT2D eigenvalue weighted by Gasteiger charge is 2.39. The number of aromatic nitrogens is 6. The number of halogens is 6. The Morgan fingerprint density at radius 2 is 0.559 bits per heavy atom. The van der Waals surface area contributed by atoms with E-state index in [9.17, 15) is 45.4 Å². The third-order valence-corrected chi connectivity index (χ3v) is 24.2. The largest absolute Gasteiger partial charge is 0.481 e. The molecular formula is C90H96Cl6N6O13S3. The van der Waals surface area contributed by atoms with Crippen molar-refractivity contribution in [2.75, 3.05) is 25.4 Å². The van der Waals surface area contributed by atoms with E-state index >= 15 is 0 Å². The van der Waals surface area contributed by atoms with Crippen LogP contribution in [-0.2, 0) is 76.9 Å². The zero-order chi connectivity index (χ0) is 88.0. The predicted octanol–water partition coefficient (Wildman–Crippen LogP) is 21.1. The van der Waals surface area contributed by atoms with E-state index in [0.717, 1.165) is 74.1 Å². The summed E-state index contributed by atoms with van der Waals surface area (Å²) in [6.45, 7) is 26.9. The van der Waals surface area contributed by atoms with Gasteiger partial charge in [-0.1, -0.05) is 161 Å². The first kappa shape index (κ1) is 94.5. The number of nitrogens with zero attached hydrogens (tertiary/aromatic N) is 6. The Labute approximate surface area is 721 Å². The van der Waals surface area contributed by atoms with Crippen molar-refractivity contribution in [1.82, 2.24) is 28.7 Å². The van der Waals surface area contributed by atoms with Gasteiger partial charge >= 0.3 is 5.97 Å². The van der Waals surface area contributed by atoms with E-state index in [1.807, 2.05) is 165 Å². The summed E-state index contributed by atoms with van der Waals surface area (Å²) in [5.41, 5.74) is 5.73. The van der Waals surface area contributed by atoms with E-state index < -0.39 is 68.5 Å². The number of aliphatic hydroxyl groups is 3. The Morgan fingerprint density at radius 3 is 0.729 bits per heavy atom. The molecule has 118 heavy (non-hydrogen) atoms. The molecule has 0 bridgehead atoms. The van der Waals surface area contributed by atoms with Gasteiger partial charge in [-0.2, -0.15) is 0 Å². The van der Waals surface area contributed by atoms with Crippen LogP contribution >= 0.6 is 69.6 Å². The summed E-state index contributed by atoms with van der Waals surface area (Å²) in [5.74, 6) is 0.960. The maximum absolute atomic E-state index is 12.0. The molecule has 0 fully saturated rings. The van der Waals surface area contributed by atoms with Gasteiger partial charge in [-0.05, 0) is 233 Å². The first-order valence-corrected chi connectivity index (χ1v) is 44.9. The number of aliphatic carboxylic acids is 1. The quantitative estimate of drug-likeness (QED) is 0.0548. The second kappa shape index (κ2) is 37.3.